The summed E-state index contributed by atoms with van der Waals surface area (Å²) in [6.45, 7) is 0. The van der Waals surface area contributed by atoms with Crippen LogP contribution in [0.5, 0.6) is 0 Å². The first-order valence-corrected chi connectivity index (χ1v) is 4.11. The average Bonchev–Trinajstić information content (AvgIpc) is 2.33. The lowest BCUT2D eigenvalue weighted by atomic mass is 9.98. The van der Waals surface area contributed by atoms with Gasteiger partial charge in [-0.15, -0.1) is 0 Å². The van der Waals surface area contributed by atoms with Gasteiger partial charge in [-0.25, -0.2) is 0 Å². The summed E-state index contributed by atoms with van der Waals surface area (Å²) in [6.07, 6.45) is 0. The zero-order valence-electron chi connectivity index (χ0n) is 5.28. The van der Waals surface area contributed by atoms with E-state index in [0.717, 1.165) is 0 Å². The SMILES string of the molecule is N#CC1CSCC1C(=O)O. The van der Waals surface area contributed by atoms with E-state index in [4.69, 9.17) is 10.4 Å². The number of nitriles is 1. The van der Waals surface area contributed by atoms with Gasteiger partial charge in [0.25, 0.3) is 0 Å². The first-order chi connectivity index (χ1) is 4.75. The van der Waals surface area contributed by atoms with Gasteiger partial charge in [0.1, 0.15) is 0 Å². The second kappa shape index (κ2) is 2.93. The van der Waals surface area contributed by atoms with E-state index in [2.05, 4.69) is 0 Å². The van der Waals surface area contributed by atoms with Crippen LogP contribution in [0, 0.1) is 23.2 Å². The molecular weight excluding hydrogens is 150 g/mol. The summed E-state index contributed by atoms with van der Waals surface area (Å²) in [6, 6.07) is 1.99. The fourth-order valence-corrected chi connectivity index (χ4v) is 2.25. The molecular formula is C6H7NO2S. The van der Waals surface area contributed by atoms with E-state index in [1.807, 2.05) is 6.07 Å². The van der Waals surface area contributed by atoms with Gasteiger partial charge in [-0.05, 0) is 0 Å². The van der Waals surface area contributed by atoms with E-state index in [-0.39, 0.29) is 5.92 Å². The van der Waals surface area contributed by atoms with Gasteiger partial charge in [0.15, 0.2) is 0 Å². The molecule has 1 aliphatic rings. The lowest BCUT2D eigenvalue weighted by molar-refractivity contribution is -0.141. The molecule has 2 unspecified atom stereocenters. The van der Waals surface area contributed by atoms with Crippen LogP contribution >= 0.6 is 11.8 Å². The molecule has 0 aliphatic carbocycles. The van der Waals surface area contributed by atoms with Crippen molar-refractivity contribution in [1.82, 2.24) is 0 Å². The largest absolute Gasteiger partial charge is 0.481 e. The minimum atomic E-state index is -0.837. The molecule has 0 spiro atoms. The minimum Gasteiger partial charge on any atom is -0.481 e. The van der Waals surface area contributed by atoms with E-state index in [1.54, 1.807) is 0 Å². The van der Waals surface area contributed by atoms with Gasteiger partial charge in [0.05, 0.1) is 17.9 Å². The third kappa shape index (κ3) is 1.24. The van der Waals surface area contributed by atoms with Crippen LogP contribution in [0.1, 0.15) is 0 Å². The van der Waals surface area contributed by atoms with Crippen molar-refractivity contribution in [2.75, 3.05) is 11.5 Å². The molecule has 3 nitrogen and oxygen atoms in total. The van der Waals surface area contributed by atoms with Gasteiger partial charge in [0.2, 0.25) is 0 Å². The molecule has 1 fully saturated rings. The fraction of sp³-hybridized carbons (Fsp3) is 0.667. The summed E-state index contributed by atoms with van der Waals surface area (Å²) in [7, 11) is 0. The summed E-state index contributed by atoms with van der Waals surface area (Å²) in [5.74, 6) is -0.282. The maximum Gasteiger partial charge on any atom is 0.308 e. The molecule has 54 valence electrons. The van der Waals surface area contributed by atoms with Gasteiger partial charge in [0, 0.05) is 11.5 Å². The number of thioether (sulfide) groups is 1. The van der Waals surface area contributed by atoms with Gasteiger partial charge in [-0.1, -0.05) is 0 Å². The lowest BCUT2D eigenvalue weighted by Gasteiger charge is -2.03. The Hall–Kier alpha value is -0.690. The van der Waals surface area contributed by atoms with Crippen LogP contribution in [-0.4, -0.2) is 22.6 Å². The normalized spacial score (nSPS) is 31.5. The summed E-state index contributed by atoms with van der Waals surface area (Å²) in [5, 5.41) is 17.0. The predicted molar refractivity (Wildman–Crippen MR) is 37.6 cm³/mol. The summed E-state index contributed by atoms with van der Waals surface area (Å²) in [4.78, 5) is 10.4. The number of carboxylic acid groups (broad SMARTS) is 1. The van der Waals surface area contributed by atoms with Crippen LogP contribution < -0.4 is 0 Å². The molecule has 0 aromatic heterocycles. The maximum absolute atomic E-state index is 10.4. The molecule has 0 radical (unpaired) electrons. The quantitative estimate of drug-likeness (QED) is 0.604. The summed E-state index contributed by atoms with van der Waals surface area (Å²) >= 11 is 1.54. The van der Waals surface area contributed by atoms with Crippen molar-refractivity contribution in [3.8, 4) is 6.07 Å². The van der Waals surface area contributed by atoms with Crippen molar-refractivity contribution >= 4 is 17.7 Å². The van der Waals surface area contributed by atoms with Crippen LogP contribution in [0.2, 0.25) is 0 Å². The van der Waals surface area contributed by atoms with E-state index in [0.29, 0.717) is 11.5 Å². The molecule has 10 heavy (non-hydrogen) atoms. The number of aliphatic carboxylic acids is 1. The van der Waals surface area contributed by atoms with Crippen molar-refractivity contribution in [3.63, 3.8) is 0 Å². The maximum atomic E-state index is 10.4. The zero-order valence-corrected chi connectivity index (χ0v) is 6.10. The molecule has 0 amide bonds. The highest BCUT2D eigenvalue weighted by Gasteiger charge is 2.33. The van der Waals surface area contributed by atoms with E-state index in [1.165, 1.54) is 11.8 Å². The predicted octanol–water partition coefficient (Wildman–Crippen LogP) is 0.574. The summed E-state index contributed by atoms with van der Waals surface area (Å²) in [5.41, 5.74) is 0. The third-order valence-electron chi connectivity index (χ3n) is 1.56. The Morgan fingerprint density at radius 3 is 2.80 bits per heavy atom. The van der Waals surface area contributed by atoms with Crippen molar-refractivity contribution in [3.05, 3.63) is 0 Å². The number of rotatable bonds is 1. The Morgan fingerprint density at radius 1 is 1.70 bits per heavy atom. The molecule has 0 saturated carbocycles. The topological polar surface area (TPSA) is 61.1 Å². The monoisotopic (exact) mass is 157 g/mol. The van der Waals surface area contributed by atoms with Gasteiger partial charge >= 0.3 is 5.97 Å². The van der Waals surface area contributed by atoms with Crippen LogP contribution in [0.25, 0.3) is 0 Å². The number of hydrogen-bond acceptors (Lipinski definition) is 3. The number of nitrogens with zero attached hydrogens (tertiary/aromatic N) is 1. The van der Waals surface area contributed by atoms with Crippen molar-refractivity contribution in [2.24, 2.45) is 11.8 Å². The smallest absolute Gasteiger partial charge is 0.308 e. The second-order valence-corrected chi connectivity index (χ2v) is 3.29. The Kier molecular flexibility index (Phi) is 2.17. The molecule has 1 N–H and O–H groups in total. The standard InChI is InChI=1S/C6H7NO2S/c7-1-4-2-10-3-5(4)6(8)9/h4-5H,2-3H2,(H,8,9). The van der Waals surface area contributed by atoms with E-state index < -0.39 is 11.9 Å². The Labute approximate surface area is 63.0 Å². The number of carboxylic acids is 1. The molecule has 1 saturated heterocycles. The summed E-state index contributed by atoms with van der Waals surface area (Å²) < 4.78 is 0. The first kappa shape index (κ1) is 7.42. The zero-order chi connectivity index (χ0) is 7.56. The highest BCUT2D eigenvalue weighted by molar-refractivity contribution is 7.99. The number of hydrogen-bond donors (Lipinski definition) is 1. The molecule has 4 heteroatoms. The molecule has 2 atom stereocenters. The molecule has 1 heterocycles. The van der Waals surface area contributed by atoms with Crippen molar-refractivity contribution < 1.29 is 9.90 Å². The fourth-order valence-electron chi connectivity index (χ4n) is 0.925. The lowest BCUT2D eigenvalue weighted by Crippen LogP contribution is -2.20. The Bertz CT molecular complexity index is 187. The van der Waals surface area contributed by atoms with Crippen molar-refractivity contribution in [2.45, 2.75) is 0 Å². The van der Waals surface area contributed by atoms with Crippen LogP contribution in [0.15, 0.2) is 0 Å². The highest BCUT2D eigenvalue weighted by Crippen LogP contribution is 2.29. The molecule has 1 rings (SSSR count). The van der Waals surface area contributed by atoms with Gasteiger partial charge in [-0.2, -0.15) is 17.0 Å². The van der Waals surface area contributed by atoms with E-state index in [9.17, 15) is 4.79 Å². The third-order valence-corrected chi connectivity index (χ3v) is 2.75. The molecule has 0 bridgehead atoms. The average molecular weight is 157 g/mol. The van der Waals surface area contributed by atoms with Gasteiger partial charge < -0.3 is 5.11 Å². The Balaban J connectivity index is 2.61. The molecule has 1 aliphatic heterocycles. The number of carbonyl (C=O) groups is 1. The van der Waals surface area contributed by atoms with Crippen molar-refractivity contribution in [1.29, 1.82) is 5.26 Å². The second-order valence-electron chi connectivity index (χ2n) is 2.22. The van der Waals surface area contributed by atoms with Crippen LogP contribution in [0.4, 0.5) is 0 Å². The first-order valence-electron chi connectivity index (χ1n) is 2.96. The Morgan fingerprint density at radius 2 is 2.40 bits per heavy atom. The van der Waals surface area contributed by atoms with E-state index >= 15 is 0 Å². The molecule has 0 aromatic carbocycles. The van der Waals surface area contributed by atoms with Crippen LogP contribution in [-0.2, 0) is 4.79 Å². The molecule has 0 aromatic rings. The minimum absolute atomic E-state index is 0.275. The highest BCUT2D eigenvalue weighted by atomic mass is 32.2. The van der Waals surface area contributed by atoms with Gasteiger partial charge in [-0.3, -0.25) is 4.79 Å². The van der Waals surface area contributed by atoms with Crippen LogP contribution in [0.3, 0.4) is 0 Å².